The number of carbonyl (C=O) groups is 3. The van der Waals surface area contributed by atoms with Crippen molar-refractivity contribution in [2.75, 3.05) is 26.1 Å². The second-order valence-corrected chi connectivity index (χ2v) is 9.51. The highest BCUT2D eigenvalue weighted by Crippen LogP contribution is 2.54. The van der Waals surface area contributed by atoms with Gasteiger partial charge in [-0.15, -0.1) is 0 Å². The lowest BCUT2D eigenvalue weighted by Gasteiger charge is -2.30. The van der Waals surface area contributed by atoms with Crippen LogP contribution in [0.4, 0.5) is 5.69 Å². The first-order valence-corrected chi connectivity index (χ1v) is 11.7. The molecule has 184 valence electrons. The largest absolute Gasteiger partial charge is 0.493 e. The number of imide groups is 1. The molecule has 2 aromatic carbocycles. The van der Waals surface area contributed by atoms with Gasteiger partial charge in [-0.3, -0.25) is 24.6 Å². The van der Waals surface area contributed by atoms with Crippen molar-refractivity contribution in [3.63, 3.8) is 0 Å². The molecule has 3 aliphatic heterocycles. The van der Waals surface area contributed by atoms with E-state index in [4.69, 9.17) is 21.1 Å². The summed E-state index contributed by atoms with van der Waals surface area (Å²) >= 11 is 6.32. The summed E-state index contributed by atoms with van der Waals surface area (Å²) in [4.78, 5) is 41.8. The molecular weight excluding hydrogens is 474 g/mol. The van der Waals surface area contributed by atoms with Gasteiger partial charge < -0.3 is 19.9 Å². The number of aliphatic hydroxyl groups is 1. The molecule has 3 aliphatic rings. The lowest BCUT2D eigenvalue weighted by Crippen LogP contribution is -2.54. The number of halogens is 1. The molecule has 5 rings (SSSR count). The molecule has 0 radical (unpaired) electrons. The van der Waals surface area contributed by atoms with Crippen LogP contribution in [0, 0.1) is 11.8 Å². The quantitative estimate of drug-likeness (QED) is 0.518. The molecule has 2 saturated heterocycles. The number of anilines is 1. The zero-order valence-corrected chi connectivity index (χ0v) is 20.3. The van der Waals surface area contributed by atoms with Crippen LogP contribution in [0.25, 0.3) is 0 Å². The number of hydrogen-bond acceptors (Lipinski definition) is 7. The van der Waals surface area contributed by atoms with E-state index in [-0.39, 0.29) is 6.54 Å². The summed E-state index contributed by atoms with van der Waals surface area (Å²) in [6, 6.07) is 9.70. The highest BCUT2D eigenvalue weighted by molar-refractivity contribution is 6.35. The number of aliphatic hydroxyl groups excluding tert-OH is 1. The van der Waals surface area contributed by atoms with E-state index in [1.807, 2.05) is 6.07 Å². The summed E-state index contributed by atoms with van der Waals surface area (Å²) in [6.07, 6.45) is -0.577. The van der Waals surface area contributed by atoms with Crippen LogP contribution >= 0.6 is 11.6 Å². The third kappa shape index (κ3) is 3.33. The number of fused-ring (bicyclic) bond motifs is 4. The molecule has 35 heavy (non-hydrogen) atoms. The number of likely N-dealkylation sites (tertiary alicyclic amines) is 1. The van der Waals surface area contributed by atoms with Gasteiger partial charge in [0.05, 0.1) is 42.9 Å². The first-order chi connectivity index (χ1) is 16.7. The molecule has 9 nitrogen and oxygen atoms in total. The van der Waals surface area contributed by atoms with E-state index >= 15 is 0 Å². The standard InChI is InChI=1S/C25H26ClN3O6/c1-12(30)20-18-19(25(28-20)14-5-4-6-15(26)21(14)27-24(25)33)23(32)29(22(18)31)10-9-13-7-8-16(34-2)17(11-13)35-3/h4-8,11-12,18-20,28,30H,9-10H2,1-3H3,(H,27,33)/t12-,18+,19+,20-,25+/m1/s1. The average Bonchev–Trinajstić information content (AvgIpc) is 3.43. The molecule has 3 amide bonds. The summed E-state index contributed by atoms with van der Waals surface area (Å²) in [5, 5.41) is 16.8. The lowest BCUT2D eigenvalue weighted by atomic mass is 9.76. The molecular formula is C25H26ClN3O6. The number of carbonyl (C=O) groups excluding carboxylic acids is 3. The molecule has 0 aromatic heterocycles. The second kappa shape index (κ2) is 8.51. The second-order valence-electron chi connectivity index (χ2n) is 9.11. The van der Waals surface area contributed by atoms with E-state index in [1.54, 1.807) is 44.4 Å². The van der Waals surface area contributed by atoms with Crippen molar-refractivity contribution in [1.82, 2.24) is 10.2 Å². The Morgan fingerprint density at radius 3 is 2.54 bits per heavy atom. The Kier molecular flexibility index (Phi) is 5.74. The van der Waals surface area contributed by atoms with Gasteiger partial charge in [0.2, 0.25) is 17.7 Å². The molecule has 1 spiro atoms. The van der Waals surface area contributed by atoms with Crippen LogP contribution in [0.1, 0.15) is 18.1 Å². The number of methoxy groups -OCH3 is 2. The number of nitrogens with zero attached hydrogens (tertiary/aromatic N) is 1. The Bertz CT molecular complexity index is 1230. The minimum Gasteiger partial charge on any atom is -0.493 e. The normalized spacial score (nSPS) is 27.7. The van der Waals surface area contributed by atoms with E-state index in [0.29, 0.717) is 34.2 Å². The predicted molar refractivity (Wildman–Crippen MR) is 127 cm³/mol. The summed E-state index contributed by atoms with van der Waals surface area (Å²) in [5.74, 6) is -2.06. The smallest absolute Gasteiger partial charge is 0.250 e. The van der Waals surface area contributed by atoms with Crippen LogP contribution in [0.15, 0.2) is 36.4 Å². The number of hydrogen-bond donors (Lipinski definition) is 3. The van der Waals surface area contributed by atoms with Crippen LogP contribution in [-0.2, 0) is 26.3 Å². The Balaban J connectivity index is 1.49. The van der Waals surface area contributed by atoms with Gasteiger partial charge in [-0.1, -0.05) is 29.8 Å². The fourth-order valence-electron chi connectivity index (χ4n) is 5.69. The molecule has 2 fully saturated rings. The van der Waals surface area contributed by atoms with Crippen molar-refractivity contribution in [3.8, 4) is 11.5 Å². The van der Waals surface area contributed by atoms with Crippen molar-refractivity contribution in [2.45, 2.75) is 31.0 Å². The molecule has 2 aromatic rings. The molecule has 0 saturated carbocycles. The Morgan fingerprint density at radius 1 is 1.11 bits per heavy atom. The molecule has 0 aliphatic carbocycles. The van der Waals surface area contributed by atoms with Crippen LogP contribution in [0.2, 0.25) is 5.02 Å². The highest BCUT2D eigenvalue weighted by atomic mass is 35.5. The number of para-hydroxylation sites is 1. The predicted octanol–water partition coefficient (Wildman–Crippen LogP) is 1.70. The van der Waals surface area contributed by atoms with Crippen molar-refractivity contribution < 1.29 is 29.0 Å². The summed E-state index contributed by atoms with van der Waals surface area (Å²) in [6.45, 7) is 1.68. The Labute approximate surface area is 207 Å². The monoisotopic (exact) mass is 499 g/mol. The van der Waals surface area contributed by atoms with Crippen LogP contribution in [-0.4, -0.2) is 60.6 Å². The summed E-state index contributed by atoms with van der Waals surface area (Å²) in [5.41, 5.74) is 0.296. The van der Waals surface area contributed by atoms with E-state index in [0.717, 1.165) is 5.56 Å². The van der Waals surface area contributed by atoms with Gasteiger partial charge in [0, 0.05) is 18.2 Å². The maximum atomic E-state index is 13.7. The number of amides is 3. The van der Waals surface area contributed by atoms with E-state index in [2.05, 4.69) is 10.6 Å². The highest BCUT2D eigenvalue weighted by Gasteiger charge is 2.71. The average molecular weight is 500 g/mol. The van der Waals surface area contributed by atoms with Crippen molar-refractivity contribution >= 4 is 35.0 Å². The zero-order chi connectivity index (χ0) is 25.1. The third-order valence-corrected chi connectivity index (χ3v) is 7.63. The van der Waals surface area contributed by atoms with Gasteiger partial charge in [-0.25, -0.2) is 0 Å². The van der Waals surface area contributed by atoms with Crippen LogP contribution < -0.4 is 20.1 Å². The minimum atomic E-state index is -1.49. The fourth-order valence-corrected chi connectivity index (χ4v) is 5.92. The SMILES string of the molecule is COc1ccc(CCN2C(=O)[C@@H]3[C@@H]([C@@H](C)O)N[C@]4(C(=O)Nc5c(Cl)cccc54)[C@@H]3C2=O)cc1OC. The first kappa shape index (κ1) is 23.6. The van der Waals surface area contributed by atoms with Crippen molar-refractivity contribution in [2.24, 2.45) is 11.8 Å². The summed E-state index contributed by atoms with van der Waals surface area (Å²) < 4.78 is 10.6. The zero-order valence-electron chi connectivity index (χ0n) is 19.5. The van der Waals surface area contributed by atoms with E-state index in [9.17, 15) is 19.5 Å². The van der Waals surface area contributed by atoms with Crippen LogP contribution in [0.3, 0.4) is 0 Å². The molecule has 0 bridgehead atoms. The number of ether oxygens (including phenoxy) is 2. The first-order valence-electron chi connectivity index (χ1n) is 11.4. The fraction of sp³-hybridized carbons (Fsp3) is 0.400. The summed E-state index contributed by atoms with van der Waals surface area (Å²) in [7, 11) is 3.08. The molecule has 3 heterocycles. The maximum Gasteiger partial charge on any atom is 0.250 e. The minimum absolute atomic E-state index is 0.132. The van der Waals surface area contributed by atoms with Gasteiger partial charge in [0.15, 0.2) is 11.5 Å². The van der Waals surface area contributed by atoms with Crippen molar-refractivity contribution in [3.05, 3.63) is 52.5 Å². The Hall–Kier alpha value is -3.14. The molecule has 5 atom stereocenters. The maximum absolute atomic E-state index is 13.7. The van der Waals surface area contributed by atoms with E-state index < -0.39 is 47.2 Å². The number of rotatable bonds is 6. The van der Waals surface area contributed by atoms with E-state index in [1.165, 1.54) is 12.0 Å². The number of nitrogens with one attached hydrogen (secondary N) is 2. The van der Waals surface area contributed by atoms with Crippen molar-refractivity contribution in [1.29, 1.82) is 0 Å². The van der Waals surface area contributed by atoms with Crippen LogP contribution in [0.5, 0.6) is 11.5 Å². The van der Waals surface area contributed by atoms with Gasteiger partial charge in [-0.2, -0.15) is 0 Å². The Morgan fingerprint density at radius 2 is 1.86 bits per heavy atom. The van der Waals surface area contributed by atoms with Gasteiger partial charge in [0.25, 0.3) is 0 Å². The van der Waals surface area contributed by atoms with Gasteiger partial charge in [-0.05, 0) is 37.1 Å². The van der Waals surface area contributed by atoms with Gasteiger partial charge >= 0.3 is 0 Å². The lowest BCUT2D eigenvalue weighted by molar-refractivity contribution is -0.143. The topological polar surface area (TPSA) is 117 Å². The molecule has 3 N–H and O–H groups in total. The molecule has 0 unspecified atom stereocenters. The van der Waals surface area contributed by atoms with Gasteiger partial charge in [0.1, 0.15) is 5.54 Å². The molecule has 10 heteroatoms. The third-order valence-electron chi connectivity index (χ3n) is 7.32. The number of benzene rings is 2.